The third-order valence-electron chi connectivity index (χ3n) is 1.69. The second-order valence-electron chi connectivity index (χ2n) is 2.94. The lowest BCUT2D eigenvalue weighted by Gasteiger charge is -1.99. The number of nitrogens with one attached hydrogen (secondary N) is 1. The van der Waals surface area contributed by atoms with Gasteiger partial charge in [0.15, 0.2) is 0 Å². The molecule has 1 aromatic rings. The van der Waals surface area contributed by atoms with Gasteiger partial charge in [0.05, 0.1) is 0 Å². The van der Waals surface area contributed by atoms with Gasteiger partial charge < -0.3 is 5.73 Å². The zero-order valence-corrected chi connectivity index (χ0v) is 9.07. The van der Waals surface area contributed by atoms with E-state index >= 15 is 0 Å². The SMILES string of the molecule is NCCNS(=O)(=O)/C=C/c1ccccc1. The van der Waals surface area contributed by atoms with Crippen molar-refractivity contribution in [3.63, 3.8) is 0 Å². The van der Waals surface area contributed by atoms with E-state index in [1.165, 1.54) is 0 Å². The average Bonchev–Trinajstić information content (AvgIpc) is 2.25. The minimum absolute atomic E-state index is 0.251. The highest BCUT2D eigenvalue weighted by Gasteiger charge is 2.01. The smallest absolute Gasteiger partial charge is 0.233 e. The molecule has 0 aliphatic rings. The van der Waals surface area contributed by atoms with E-state index in [9.17, 15) is 8.42 Å². The fourth-order valence-corrected chi connectivity index (χ4v) is 1.82. The molecule has 5 heteroatoms. The first-order chi connectivity index (χ1) is 7.14. The minimum atomic E-state index is -3.35. The van der Waals surface area contributed by atoms with Gasteiger partial charge in [0.1, 0.15) is 0 Å². The molecule has 0 spiro atoms. The van der Waals surface area contributed by atoms with Crippen molar-refractivity contribution in [3.05, 3.63) is 41.3 Å². The summed E-state index contributed by atoms with van der Waals surface area (Å²) in [6.45, 7) is 0.542. The average molecular weight is 226 g/mol. The Morgan fingerprint density at radius 1 is 1.27 bits per heavy atom. The summed E-state index contributed by atoms with van der Waals surface area (Å²) in [6, 6.07) is 9.22. The summed E-state index contributed by atoms with van der Waals surface area (Å²) in [4.78, 5) is 0. The van der Waals surface area contributed by atoms with Crippen LogP contribution in [0.5, 0.6) is 0 Å². The van der Waals surface area contributed by atoms with Gasteiger partial charge in [0, 0.05) is 18.5 Å². The molecule has 0 bridgehead atoms. The maximum Gasteiger partial charge on any atom is 0.233 e. The van der Waals surface area contributed by atoms with Crippen LogP contribution >= 0.6 is 0 Å². The van der Waals surface area contributed by atoms with E-state index in [4.69, 9.17) is 5.73 Å². The van der Waals surface area contributed by atoms with Crippen molar-refractivity contribution in [3.8, 4) is 0 Å². The minimum Gasteiger partial charge on any atom is -0.329 e. The van der Waals surface area contributed by atoms with Crippen molar-refractivity contribution in [2.75, 3.05) is 13.1 Å². The van der Waals surface area contributed by atoms with Crippen LogP contribution in [0.2, 0.25) is 0 Å². The number of sulfonamides is 1. The third-order valence-corrected chi connectivity index (χ3v) is 2.79. The van der Waals surface area contributed by atoms with E-state index in [0.29, 0.717) is 6.54 Å². The van der Waals surface area contributed by atoms with Crippen molar-refractivity contribution in [1.29, 1.82) is 0 Å². The molecule has 0 amide bonds. The van der Waals surface area contributed by atoms with E-state index in [1.807, 2.05) is 30.3 Å². The molecule has 0 aliphatic carbocycles. The summed E-state index contributed by atoms with van der Waals surface area (Å²) in [5.41, 5.74) is 6.04. The van der Waals surface area contributed by atoms with E-state index in [0.717, 1.165) is 11.0 Å². The molecular weight excluding hydrogens is 212 g/mol. The number of benzene rings is 1. The van der Waals surface area contributed by atoms with E-state index in [2.05, 4.69) is 4.72 Å². The molecule has 0 unspecified atom stereocenters. The number of hydrogen-bond acceptors (Lipinski definition) is 3. The van der Waals surface area contributed by atoms with Crippen LogP contribution in [0.4, 0.5) is 0 Å². The Kier molecular flexibility index (Phi) is 4.48. The van der Waals surface area contributed by atoms with Crippen LogP contribution in [0.3, 0.4) is 0 Å². The molecule has 0 aromatic heterocycles. The number of hydrogen-bond donors (Lipinski definition) is 2. The van der Waals surface area contributed by atoms with Crippen LogP contribution in [0.1, 0.15) is 5.56 Å². The van der Waals surface area contributed by atoms with Gasteiger partial charge in [0.2, 0.25) is 10.0 Å². The lowest BCUT2D eigenvalue weighted by Crippen LogP contribution is -2.27. The molecule has 0 heterocycles. The topological polar surface area (TPSA) is 72.2 Å². The summed E-state index contributed by atoms with van der Waals surface area (Å²) in [5, 5.41) is 1.14. The Balaban J connectivity index is 2.65. The van der Waals surface area contributed by atoms with Crippen molar-refractivity contribution < 1.29 is 8.42 Å². The maximum atomic E-state index is 11.3. The summed E-state index contributed by atoms with van der Waals surface area (Å²) in [7, 11) is -3.35. The van der Waals surface area contributed by atoms with Crippen LogP contribution in [0.25, 0.3) is 6.08 Å². The van der Waals surface area contributed by atoms with E-state index in [1.54, 1.807) is 6.08 Å². The molecule has 0 radical (unpaired) electrons. The van der Waals surface area contributed by atoms with Crippen LogP contribution in [-0.4, -0.2) is 21.5 Å². The molecule has 0 aliphatic heterocycles. The standard InChI is InChI=1S/C10H14N2O2S/c11-7-8-12-15(13,14)9-6-10-4-2-1-3-5-10/h1-6,9,12H,7-8,11H2/b9-6+. The Morgan fingerprint density at radius 2 is 1.93 bits per heavy atom. The monoisotopic (exact) mass is 226 g/mol. The fraction of sp³-hybridized carbons (Fsp3) is 0.200. The molecule has 0 saturated heterocycles. The first kappa shape index (κ1) is 11.9. The molecule has 82 valence electrons. The first-order valence-electron chi connectivity index (χ1n) is 4.57. The van der Waals surface area contributed by atoms with Gasteiger partial charge in [-0.05, 0) is 11.6 Å². The highest BCUT2D eigenvalue weighted by molar-refractivity contribution is 7.92. The summed E-state index contributed by atoms with van der Waals surface area (Å²) >= 11 is 0. The summed E-state index contributed by atoms with van der Waals surface area (Å²) in [5.74, 6) is 0. The highest BCUT2D eigenvalue weighted by atomic mass is 32.2. The zero-order chi connectivity index (χ0) is 11.1. The lowest BCUT2D eigenvalue weighted by atomic mass is 10.2. The molecule has 15 heavy (non-hydrogen) atoms. The molecule has 0 fully saturated rings. The van der Waals surface area contributed by atoms with Crippen molar-refractivity contribution in [2.45, 2.75) is 0 Å². The highest BCUT2D eigenvalue weighted by Crippen LogP contribution is 2.02. The molecule has 1 rings (SSSR count). The number of rotatable bonds is 5. The predicted molar refractivity (Wildman–Crippen MR) is 61.5 cm³/mol. The zero-order valence-electron chi connectivity index (χ0n) is 8.26. The number of nitrogens with two attached hydrogens (primary N) is 1. The summed E-state index contributed by atoms with van der Waals surface area (Å²) < 4.78 is 25.0. The van der Waals surface area contributed by atoms with Gasteiger partial charge in [-0.15, -0.1) is 0 Å². The normalized spacial score (nSPS) is 12.1. The Hall–Kier alpha value is -1.17. The van der Waals surface area contributed by atoms with Gasteiger partial charge in [0.25, 0.3) is 0 Å². The fourth-order valence-electron chi connectivity index (χ4n) is 0.982. The van der Waals surface area contributed by atoms with Crippen molar-refractivity contribution >= 4 is 16.1 Å². The quantitative estimate of drug-likeness (QED) is 0.769. The lowest BCUT2D eigenvalue weighted by molar-refractivity contribution is 0.591. The van der Waals surface area contributed by atoms with Crippen LogP contribution < -0.4 is 10.5 Å². The molecular formula is C10H14N2O2S. The van der Waals surface area contributed by atoms with Crippen LogP contribution in [-0.2, 0) is 10.0 Å². The maximum absolute atomic E-state index is 11.3. The van der Waals surface area contributed by atoms with Gasteiger partial charge in [-0.3, -0.25) is 0 Å². The first-order valence-corrected chi connectivity index (χ1v) is 6.11. The third kappa shape index (κ3) is 4.73. The van der Waals surface area contributed by atoms with Gasteiger partial charge in [-0.2, -0.15) is 0 Å². The van der Waals surface area contributed by atoms with Gasteiger partial charge >= 0.3 is 0 Å². The molecule has 3 N–H and O–H groups in total. The predicted octanol–water partition coefficient (Wildman–Crippen LogP) is 0.535. The molecule has 0 saturated carbocycles. The van der Waals surface area contributed by atoms with Crippen LogP contribution in [0, 0.1) is 0 Å². The van der Waals surface area contributed by atoms with Gasteiger partial charge in [-0.1, -0.05) is 30.3 Å². The van der Waals surface area contributed by atoms with Crippen molar-refractivity contribution in [2.24, 2.45) is 5.73 Å². The Labute approximate surface area is 89.9 Å². The van der Waals surface area contributed by atoms with Crippen molar-refractivity contribution in [1.82, 2.24) is 4.72 Å². The van der Waals surface area contributed by atoms with E-state index < -0.39 is 10.0 Å². The largest absolute Gasteiger partial charge is 0.329 e. The molecule has 1 aromatic carbocycles. The second-order valence-corrected chi connectivity index (χ2v) is 4.59. The van der Waals surface area contributed by atoms with Gasteiger partial charge in [-0.25, -0.2) is 13.1 Å². The Morgan fingerprint density at radius 3 is 2.53 bits per heavy atom. The molecule has 0 atom stereocenters. The van der Waals surface area contributed by atoms with E-state index in [-0.39, 0.29) is 6.54 Å². The molecule has 4 nitrogen and oxygen atoms in total. The summed E-state index contributed by atoms with van der Waals surface area (Å²) in [6.07, 6.45) is 1.54. The Bertz CT molecular complexity index is 412. The van der Waals surface area contributed by atoms with Crippen LogP contribution in [0.15, 0.2) is 35.7 Å². The second kappa shape index (κ2) is 5.65.